The molecule has 2 fully saturated rings. The standard InChI is InChI=1S/C27H32N6O4/c1-3-31(4-2)27(36)37-21-7-6-16-32(17-21)25(35)20-14-10-18(11-15-20)22-8-5-9-23-28-26(30-33(22)23)29-24(34)19-12-13-19/h5,8-11,14-15,19,21H,3-4,6-7,12-13,16-17H2,1-2H3,(H,29,30,34). The van der Waals surface area contributed by atoms with Crippen LogP contribution < -0.4 is 5.32 Å². The van der Waals surface area contributed by atoms with Crippen LogP contribution in [-0.4, -0.2) is 74.6 Å². The molecule has 10 nitrogen and oxygen atoms in total. The van der Waals surface area contributed by atoms with Crippen molar-refractivity contribution in [1.82, 2.24) is 24.4 Å². The molecule has 1 aliphatic heterocycles. The second kappa shape index (κ2) is 10.6. The number of benzene rings is 1. The Kier molecular flexibility index (Phi) is 7.07. The number of anilines is 1. The largest absolute Gasteiger partial charge is 0.444 e. The van der Waals surface area contributed by atoms with Crippen molar-refractivity contribution in [1.29, 1.82) is 0 Å². The first kappa shape index (κ1) is 24.7. The van der Waals surface area contributed by atoms with Gasteiger partial charge in [-0.25, -0.2) is 9.31 Å². The predicted octanol–water partition coefficient (Wildman–Crippen LogP) is 3.83. The molecule has 3 aromatic rings. The Morgan fingerprint density at radius 3 is 2.51 bits per heavy atom. The Bertz CT molecular complexity index is 1300. The normalized spacial score (nSPS) is 17.5. The summed E-state index contributed by atoms with van der Waals surface area (Å²) in [5.41, 5.74) is 2.87. The molecule has 1 saturated carbocycles. The molecule has 0 spiro atoms. The number of fused-ring (bicyclic) bond motifs is 1. The van der Waals surface area contributed by atoms with Gasteiger partial charge in [-0.3, -0.25) is 14.9 Å². The number of likely N-dealkylation sites (tertiary alicyclic amines) is 1. The van der Waals surface area contributed by atoms with Gasteiger partial charge in [-0.15, -0.1) is 5.10 Å². The fourth-order valence-electron chi connectivity index (χ4n) is 4.62. The molecular weight excluding hydrogens is 472 g/mol. The van der Waals surface area contributed by atoms with E-state index in [9.17, 15) is 14.4 Å². The minimum absolute atomic E-state index is 0.0388. The summed E-state index contributed by atoms with van der Waals surface area (Å²) in [6.45, 7) is 6.04. The van der Waals surface area contributed by atoms with Gasteiger partial charge in [0.2, 0.25) is 11.9 Å². The Morgan fingerprint density at radius 2 is 1.81 bits per heavy atom. The molecule has 1 unspecified atom stereocenters. The van der Waals surface area contributed by atoms with E-state index in [2.05, 4.69) is 15.4 Å². The van der Waals surface area contributed by atoms with Gasteiger partial charge in [-0.2, -0.15) is 4.98 Å². The lowest BCUT2D eigenvalue weighted by molar-refractivity contribution is -0.117. The summed E-state index contributed by atoms with van der Waals surface area (Å²) in [5.74, 6) is 0.237. The first-order chi connectivity index (χ1) is 18.0. The highest BCUT2D eigenvalue weighted by Crippen LogP contribution is 2.30. The lowest BCUT2D eigenvalue weighted by Crippen LogP contribution is -2.45. The summed E-state index contributed by atoms with van der Waals surface area (Å²) in [6, 6.07) is 13.0. The van der Waals surface area contributed by atoms with E-state index in [0.717, 1.165) is 36.9 Å². The fraction of sp³-hybridized carbons (Fsp3) is 0.444. The second-order valence-electron chi connectivity index (χ2n) is 9.53. The first-order valence-corrected chi connectivity index (χ1v) is 13.0. The molecular formula is C27H32N6O4. The van der Waals surface area contributed by atoms with Crippen molar-refractivity contribution in [3.05, 3.63) is 48.0 Å². The molecule has 194 valence electrons. The van der Waals surface area contributed by atoms with Gasteiger partial charge >= 0.3 is 6.09 Å². The fourth-order valence-corrected chi connectivity index (χ4v) is 4.62. The lowest BCUT2D eigenvalue weighted by atomic mass is 10.0. The smallest absolute Gasteiger partial charge is 0.410 e. The van der Waals surface area contributed by atoms with Crippen LogP contribution in [0.15, 0.2) is 42.5 Å². The molecule has 10 heteroatoms. The van der Waals surface area contributed by atoms with E-state index in [1.54, 1.807) is 26.4 Å². The molecule has 2 aromatic heterocycles. The van der Waals surface area contributed by atoms with Crippen molar-refractivity contribution in [2.75, 3.05) is 31.5 Å². The number of hydrogen-bond donors (Lipinski definition) is 1. The van der Waals surface area contributed by atoms with E-state index >= 15 is 0 Å². The average Bonchev–Trinajstić information content (AvgIpc) is 3.69. The lowest BCUT2D eigenvalue weighted by Gasteiger charge is -2.33. The van der Waals surface area contributed by atoms with Crippen molar-refractivity contribution in [2.45, 2.75) is 45.6 Å². The van der Waals surface area contributed by atoms with Gasteiger partial charge in [-0.1, -0.05) is 18.2 Å². The minimum Gasteiger partial charge on any atom is -0.444 e. The number of amides is 3. The summed E-state index contributed by atoms with van der Waals surface area (Å²) in [5, 5.41) is 7.27. The molecule has 1 aliphatic carbocycles. The van der Waals surface area contributed by atoms with Crippen LogP contribution in [0.1, 0.15) is 49.9 Å². The zero-order valence-corrected chi connectivity index (χ0v) is 21.2. The van der Waals surface area contributed by atoms with Gasteiger partial charge in [0, 0.05) is 36.7 Å². The highest BCUT2D eigenvalue weighted by Gasteiger charge is 2.30. The summed E-state index contributed by atoms with van der Waals surface area (Å²) in [7, 11) is 0. The predicted molar refractivity (Wildman–Crippen MR) is 138 cm³/mol. The van der Waals surface area contributed by atoms with Gasteiger partial charge in [0.25, 0.3) is 5.91 Å². The van der Waals surface area contributed by atoms with Crippen LogP contribution in [0.3, 0.4) is 0 Å². The SMILES string of the molecule is CCN(CC)C(=O)OC1CCCN(C(=O)c2ccc(-c3cccc4nc(NC(=O)C5CC5)nn34)cc2)C1. The average molecular weight is 505 g/mol. The number of nitrogens with zero attached hydrogens (tertiary/aromatic N) is 5. The zero-order chi connectivity index (χ0) is 25.9. The molecule has 2 aliphatic rings. The number of aromatic nitrogens is 3. The maximum atomic E-state index is 13.2. The number of nitrogens with one attached hydrogen (secondary N) is 1. The molecule has 37 heavy (non-hydrogen) atoms. The highest BCUT2D eigenvalue weighted by atomic mass is 16.6. The van der Waals surface area contributed by atoms with Crippen molar-refractivity contribution < 1.29 is 19.1 Å². The monoisotopic (exact) mass is 504 g/mol. The van der Waals surface area contributed by atoms with Crippen LogP contribution in [0.2, 0.25) is 0 Å². The maximum absolute atomic E-state index is 13.2. The third-order valence-electron chi connectivity index (χ3n) is 6.93. The minimum atomic E-state index is -0.328. The highest BCUT2D eigenvalue weighted by molar-refractivity contribution is 5.95. The van der Waals surface area contributed by atoms with Gasteiger partial charge in [0.05, 0.1) is 12.2 Å². The number of ether oxygens (including phenoxy) is 1. The Balaban J connectivity index is 1.27. The molecule has 1 aromatic carbocycles. The van der Waals surface area contributed by atoms with Gasteiger partial charge in [0.1, 0.15) is 6.10 Å². The molecule has 3 amide bonds. The molecule has 3 heterocycles. The van der Waals surface area contributed by atoms with E-state index in [-0.39, 0.29) is 35.9 Å². The first-order valence-electron chi connectivity index (χ1n) is 13.0. The Hall–Kier alpha value is -3.95. The van der Waals surface area contributed by atoms with E-state index < -0.39 is 0 Å². The second-order valence-corrected chi connectivity index (χ2v) is 9.53. The third-order valence-corrected chi connectivity index (χ3v) is 6.93. The van der Waals surface area contributed by atoms with Gasteiger partial charge < -0.3 is 14.5 Å². The van der Waals surface area contributed by atoms with E-state index in [1.807, 2.05) is 44.2 Å². The number of rotatable bonds is 7. The molecule has 1 saturated heterocycles. The van der Waals surface area contributed by atoms with Crippen molar-refractivity contribution in [2.24, 2.45) is 5.92 Å². The van der Waals surface area contributed by atoms with Crippen LogP contribution >= 0.6 is 0 Å². The van der Waals surface area contributed by atoms with Crippen LogP contribution in [0.4, 0.5) is 10.7 Å². The summed E-state index contributed by atoms with van der Waals surface area (Å²) in [4.78, 5) is 45.5. The van der Waals surface area contributed by atoms with Crippen LogP contribution in [0.25, 0.3) is 16.9 Å². The summed E-state index contributed by atoms with van der Waals surface area (Å²) >= 11 is 0. The number of piperidine rings is 1. The number of hydrogen-bond acceptors (Lipinski definition) is 6. The van der Waals surface area contributed by atoms with Crippen LogP contribution in [0, 0.1) is 5.92 Å². The molecule has 0 bridgehead atoms. The number of pyridine rings is 1. The number of carbonyl (C=O) groups excluding carboxylic acids is 3. The van der Waals surface area contributed by atoms with Gasteiger partial charge in [0.15, 0.2) is 5.65 Å². The Labute approximate surface area is 215 Å². The number of carbonyl (C=O) groups is 3. The zero-order valence-electron chi connectivity index (χ0n) is 21.2. The molecule has 1 atom stereocenters. The van der Waals surface area contributed by atoms with Crippen LogP contribution in [-0.2, 0) is 9.53 Å². The van der Waals surface area contributed by atoms with Gasteiger partial charge in [-0.05, 0) is 63.8 Å². The Morgan fingerprint density at radius 1 is 1.05 bits per heavy atom. The van der Waals surface area contributed by atoms with E-state index in [4.69, 9.17) is 4.74 Å². The molecule has 1 N–H and O–H groups in total. The molecule has 5 rings (SSSR count). The third kappa shape index (κ3) is 5.42. The van der Waals surface area contributed by atoms with Crippen molar-refractivity contribution >= 4 is 29.5 Å². The van der Waals surface area contributed by atoms with E-state index in [0.29, 0.717) is 37.4 Å². The summed E-state index contributed by atoms with van der Waals surface area (Å²) in [6.07, 6.45) is 2.73. The quantitative estimate of drug-likeness (QED) is 0.524. The molecule has 0 radical (unpaired) electrons. The van der Waals surface area contributed by atoms with Crippen LogP contribution in [0.5, 0.6) is 0 Å². The maximum Gasteiger partial charge on any atom is 0.410 e. The summed E-state index contributed by atoms with van der Waals surface area (Å²) < 4.78 is 7.36. The van der Waals surface area contributed by atoms with Crippen molar-refractivity contribution in [3.63, 3.8) is 0 Å². The van der Waals surface area contributed by atoms with E-state index in [1.165, 1.54) is 0 Å². The topological polar surface area (TPSA) is 109 Å². The van der Waals surface area contributed by atoms with Crippen molar-refractivity contribution in [3.8, 4) is 11.3 Å².